The Morgan fingerprint density at radius 3 is 2.33 bits per heavy atom. The zero-order valence-electron chi connectivity index (χ0n) is 23.8. The van der Waals surface area contributed by atoms with Crippen LogP contribution in [0.15, 0.2) is 72.8 Å². The molecule has 0 saturated carbocycles. The fourth-order valence-electron chi connectivity index (χ4n) is 4.64. The van der Waals surface area contributed by atoms with Gasteiger partial charge in [-0.3, -0.25) is 13.9 Å². The third-order valence-electron chi connectivity index (χ3n) is 6.91. The fourth-order valence-corrected chi connectivity index (χ4v) is 5.69. The van der Waals surface area contributed by atoms with Gasteiger partial charge in [0, 0.05) is 31.1 Å². The molecule has 3 aromatic carbocycles. The van der Waals surface area contributed by atoms with Gasteiger partial charge in [0.05, 0.1) is 11.4 Å². The first-order valence-electron chi connectivity index (χ1n) is 14.0. The molecule has 0 radical (unpaired) electrons. The Labute approximate surface area is 246 Å². The maximum absolute atomic E-state index is 14.9. The van der Waals surface area contributed by atoms with Crippen molar-refractivity contribution in [3.63, 3.8) is 0 Å². The lowest BCUT2D eigenvalue weighted by atomic mass is 10.0. The monoisotopic (exact) mass is 597 g/mol. The third kappa shape index (κ3) is 7.58. The van der Waals surface area contributed by atoms with E-state index in [9.17, 15) is 22.4 Å². The molecule has 224 valence electrons. The van der Waals surface area contributed by atoms with Crippen LogP contribution in [0.1, 0.15) is 31.4 Å². The smallest absolute Gasteiger partial charge is 0.244 e. The molecule has 0 fully saturated rings. The third-order valence-corrected chi connectivity index (χ3v) is 8.65. The van der Waals surface area contributed by atoms with Crippen LogP contribution < -0.4 is 19.1 Å². The summed E-state index contributed by atoms with van der Waals surface area (Å²) in [5.41, 5.74) is 1.22. The number of nitrogens with zero attached hydrogens (tertiary/aromatic N) is 2. The van der Waals surface area contributed by atoms with E-state index in [1.54, 1.807) is 24.3 Å². The number of amides is 2. The van der Waals surface area contributed by atoms with Gasteiger partial charge in [-0.05, 0) is 37.1 Å². The van der Waals surface area contributed by atoms with Gasteiger partial charge in [-0.1, -0.05) is 55.5 Å². The lowest BCUT2D eigenvalue weighted by molar-refractivity contribution is -0.140. The van der Waals surface area contributed by atoms with Crippen LogP contribution in [0.2, 0.25) is 0 Å². The number of sulfonamides is 1. The van der Waals surface area contributed by atoms with Crippen LogP contribution in [-0.2, 0) is 32.6 Å². The highest BCUT2D eigenvalue weighted by atomic mass is 32.2. The lowest BCUT2D eigenvalue weighted by Gasteiger charge is -2.34. The molecular formula is C31H36FN3O6S. The zero-order valence-corrected chi connectivity index (χ0v) is 24.6. The van der Waals surface area contributed by atoms with Crippen LogP contribution >= 0.6 is 0 Å². The van der Waals surface area contributed by atoms with E-state index in [0.29, 0.717) is 37.7 Å². The van der Waals surface area contributed by atoms with Gasteiger partial charge in [0.25, 0.3) is 0 Å². The van der Waals surface area contributed by atoms with E-state index in [0.717, 1.165) is 9.87 Å². The summed E-state index contributed by atoms with van der Waals surface area (Å²) < 4.78 is 53.7. The second-order valence-electron chi connectivity index (χ2n) is 9.84. The fraction of sp³-hybridized carbons (Fsp3) is 0.355. The Morgan fingerprint density at radius 1 is 0.952 bits per heavy atom. The molecule has 2 amide bonds. The van der Waals surface area contributed by atoms with Crippen LogP contribution in [-0.4, -0.2) is 63.2 Å². The summed E-state index contributed by atoms with van der Waals surface area (Å²) in [5, 5.41) is 2.86. The molecule has 0 unspecified atom stereocenters. The van der Waals surface area contributed by atoms with Gasteiger partial charge in [0.1, 0.15) is 31.6 Å². The summed E-state index contributed by atoms with van der Waals surface area (Å²) in [4.78, 5) is 29.0. The molecule has 0 saturated heterocycles. The van der Waals surface area contributed by atoms with Gasteiger partial charge in [-0.2, -0.15) is 0 Å². The van der Waals surface area contributed by atoms with Gasteiger partial charge in [-0.25, -0.2) is 12.8 Å². The van der Waals surface area contributed by atoms with Crippen LogP contribution in [0.25, 0.3) is 0 Å². The number of ether oxygens (including phenoxy) is 2. The van der Waals surface area contributed by atoms with E-state index in [2.05, 4.69) is 5.32 Å². The Morgan fingerprint density at radius 2 is 1.64 bits per heavy atom. The second-order valence-corrected chi connectivity index (χ2v) is 12.0. The SMILES string of the molecule is CCCNC(=O)[C@@H](Cc1ccccc1)N(Cc1ccccc1F)C(=O)CN(c1ccc2c(c1)OCCO2)S(=O)(=O)CC. The molecule has 1 atom stereocenters. The highest BCUT2D eigenvalue weighted by Crippen LogP contribution is 2.35. The standard InChI is InChI=1S/C31H36FN3O6S/c1-3-16-33-31(37)27(19-23-10-6-5-7-11-23)34(21-24-12-8-9-13-26(24)32)30(36)22-35(42(38,39)4-2)25-14-15-28-29(20-25)41-18-17-40-28/h5-15,20,27H,3-4,16-19,21-22H2,1-2H3,(H,33,37)/t27-/m1/s1. The first kappa shape index (κ1) is 30.8. The molecule has 1 aliphatic heterocycles. The van der Waals surface area contributed by atoms with Crippen molar-refractivity contribution < 1.29 is 31.9 Å². The number of halogens is 1. The van der Waals surface area contributed by atoms with Crippen molar-refractivity contribution in [1.82, 2.24) is 10.2 Å². The topological polar surface area (TPSA) is 105 Å². The van der Waals surface area contributed by atoms with Gasteiger partial charge < -0.3 is 19.7 Å². The van der Waals surface area contributed by atoms with Crippen molar-refractivity contribution in [2.45, 2.75) is 39.3 Å². The second kappa shape index (κ2) is 14.2. The van der Waals surface area contributed by atoms with E-state index in [4.69, 9.17) is 9.47 Å². The highest BCUT2D eigenvalue weighted by Gasteiger charge is 2.34. The number of anilines is 1. The van der Waals surface area contributed by atoms with Crippen LogP contribution in [0, 0.1) is 5.82 Å². The van der Waals surface area contributed by atoms with Gasteiger partial charge in [-0.15, -0.1) is 0 Å². The number of carbonyl (C=O) groups excluding carboxylic acids is 2. The van der Waals surface area contributed by atoms with Gasteiger partial charge >= 0.3 is 0 Å². The Hall–Kier alpha value is -4.12. The molecule has 0 aromatic heterocycles. The number of hydrogen-bond acceptors (Lipinski definition) is 6. The molecule has 11 heteroatoms. The summed E-state index contributed by atoms with van der Waals surface area (Å²) in [5.74, 6) is -1.03. The summed E-state index contributed by atoms with van der Waals surface area (Å²) in [6.07, 6.45) is 0.832. The number of carbonyl (C=O) groups is 2. The van der Waals surface area contributed by atoms with Crippen LogP contribution in [0.5, 0.6) is 11.5 Å². The van der Waals surface area contributed by atoms with Gasteiger partial charge in [0.15, 0.2) is 11.5 Å². The average molecular weight is 598 g/mol. The number of rotatable bonds is 13. The highest BCUT2D eigenvalue weighted by molar-refractivity contribution is 7.92. The van der Waals surface area contributed by atoms with Gasteiger partial charge in [0.2, 0.25) is 21.8 Å². The Kier molecular flexibility index (Phi) is 10.4. The molecule has 0 bridgehead atoms. The Bertz CT molecular complexity index is 1480. The van der Waals surface area contributed by atoms with E-state index < -0.39 is 40.2 Å². The first-order chi connectivity index (χ1) is 20.2. The maximum atomic E-state index is 14.9. The summed E-state index contributed by atoms with van der Waals surface area (Å²) in [7, 11) is -3.95. The summed E-state index contributed by atoms with van der Waals surface area (Å²) in [6, 6.07) is 18.8. The van der Waals surface area contributed by atoms with E-state index >= 15 is 0 Å². The molecule has 0 aliphatic carbocycles. The minimum atomic E-state index is -3.95. The zero-order chi connectivity index (χ0) is 30.1. The molecule has 1 N–H and O–H groups in total. The predicted molar refractivity (Wildman–Crippen MR) is 158 cm³/mol. The van der Waals surface area contributed by atoms with E-state index in [1.807, 2.05) is 37.3 Å². The number of hydrogen-bond donors (Lipinski definition) is 1. The normalized spacial score (nSPS) is 13.2. The maximum Gasteiger partial charge on any atom is 0.244 e. The van der Waals surface area contributed by atoms with E-state index in [-0.39, 0.29) is 30.0 Å². The number of benzene rings is 3. The molecule has 4 rings (SSSR count). The lowest BCUT2D eigenvalue weighted by Crippen LogP contribution is -2.53. The van der Waals surface area contributed by atoms with Crippen molar-refractivity contribution >= 4 is 27.5 Å². The molecule has 3 aromatic rings. The first-order valence-corrected chi connectivity index (χ1v) is 15.6. The molecular weight excluding hydrogens is 561 g/mol. The largest absolute Gasteiger partial charge is 0.486 e. The predicted octanol–water partition coefficient (Wildman–Crippen LogP) is 3.92. The van der Waals surface area contributed by atoms with Crippen molar-refractivity contribution in [2.75, 3.05) is 36.4 Å². The van der Waals surface area contributed by atoms with Crippen molar-refractivity contribution in [1.29, 1.82) is 0 Å². The van der Waals surface area contributed by atoms with E-state index in [1.165, 1.54) is 30.0 Å². The van der Waals surface area contributed by atoms with Crippen molar-refractivity contribution in [3.8, 4) is 11.5 Å². The van der Waals surface area contributed by atoms with Crippen molar-refractivity contribution in [2.24, 2.45) is 0 Å². The minimum Gasteiger partial charge on any atom is -0.486 e. The molecule has 42 heavy (non-hydrogen) atoms. The summed E-state index contributed by atoms with van der Waals surface area (Å²) in [6.45, 7) is 3.63. The number of nitrogens with one attached hydrogen (secondary N) is 1. The molecule has 0 spiro atoms. The average Bonchev–Trinajstić information content (AvgIpc) is 3.01. The summed E-state index contributed by atoms with van der Waals surface area (Å²) >= 11 is 0. The quantitative estimate of drug-likeness (QED) is 0.320. The Balaban J connectivity index is 1.75. The van der Waals surface area contributed by atoms with Crippen LogP contribution in [0.3, 0.4) is 0 Å². The minimum absolute atomic E-state index is 0.154. The van der Waals surface area contributed by atoms with Crippen molar-refractivity contribution in [3.05, 3.63) is 89.7 Å². The molecule has 1 aliphatic rings. The number of fused-ring (bicyclic) bond motifs is 1. The van der Waals surface area contributed by atoms with Crippen LogP contribution in [0.4, 0.5) is 10.1 Å². The molecule has 9 nitrogen and oxygen atoms in total. The molecule has 1 heterocycles.